The lowest BCUT2D eigenvalue weighted by atomic mass is 9.83. The SMILES string of the molecule is C#Cc1c(/C=C\C)oc2c(-c3ccc(O)c(-c4ccccc4C)c3-c3ccc(-c4c5ccccc5c(-c5c(O)c(O)c(O)c(O)c5O)c5ccccc45)cc3)cccc12. The Balaban J connectivity index is 1.31. The van der Waals surface area contributed by atoms with Crippen LogP contribution in [0.2, 0.25) is 0 Å². The van der Waals surface area contributed by atoms with Gasteiger partial charge in [-0.05, 0) is 93.0 Å². The van der Waals surface area contributed by atoms with Gasteiger partial charge in [0.1, 0.15) is 17.1 Å². The van der Waals surface area contributed by atoms with Crippen LogP contribution in [0.25, 0.3) is 94.2 Å². The van der Waals surface area contributed by atoms with Gasteiger partial charge in [0, 0.05) is 27.6 Å². The maximum absolute atomic E-state index is 11.7. The number of para-hydroxylation sites is 1. The highest BCUT2D eigenvalue weighted by Crippen LogP contribution is 2.58. The van der Waals surface area contributed by atoms with Gasteiger partial charge < -0.3 is 35.1 Å². The topological polar surface area (TPSA) is 135 Å². The average molecular weight is 773 g/mol. The number of hydrogen-bond donors (Lipinski definition) is 6. The number of fused-ring (bicyclic) bond motifs is 3. The van der Waals surface area contributed by atoms with Crippen molar-refractivity contribution in [2.75, 3.05) is 0 Å². The fourth-order valence-corrected chi connectivity index (χ4v) is 8.44. The van der Waals surface area contributed by atoms with E-state index in [1.165, 1.54) is 0 Å². The van der Waals surface area contributed by atoms with Crippen LogP contribution >= 0.6 is 0 Å². The smallest absolute Gasteiger partial charge is 0.208 e. The van der Waals surface area contributed by atoms with Gasteiger partial charge in [-0.15, -0.1) is 6.42 Å². The predicted molar refractivity (Wildman–Crippen MR) is 236 cm³/mol. The van der Waals surface area contributed by atoms with Crippen molar-refractivity contribution in [3.05, 3.63) is 150 Å². The van der Waals surface area contributed by atoms with Crippen molar-refractivity contribution < 1.29 is 35.1 Å². The lowest BCUT2D eigenvalue weighted by molar-refractivity contribution is 0.330. The number of allylic oxidation sites excluding steroid dienone is 1. The number of phenols is 6. The standard InChI is InChI=1S/C52H36O7/c1-4-13-41-31(5-2)38-20-12-21-39(52(38)59-41)37-26-27-40(53)45(32-15-7-6-14-28(32)3)43(37)30-24-22-29(23-25-30)42-33-16-8-10-18-35(33)44(36-19-11-9-17-34(36)42)46-47(54)49(56)51(58)50(57)48(46)55/h2,4,6-27,53-58H,1,3H3/b13-4-. The van der Waals surface area contributed by atoms with Crippen molar-refractivity contribution in [2.45, 2.75) is 13.8 Å². The van der Waals surface area contributed by atoms with Gasteiger partial charge in [-0.25, -0.2) is 0 Å². The zero-order valence-corrected chi connectivity index (χ0v) is 31.9. The van der Waals surface area contributed by atoms with Crippen LogP contribution in [0.5, 0.6) is 34.5 Å². The molecule has 59 heavy (non-hydrogen) atoms. The van der Waals surface area contributed by atoms with Gasteiger partial charge in [0.05, 0.1) is 11.1 Å². The van der Waals surface area contributed by atoms with Crippen molar-refractivity contribution in [1.29, 1.82) is 0 Å². The quantitative estimate of drug-likeness (QED) is 0.0429. The first kappa shape index (κ1) is 36.6. The van der Waals surface area contributed by atoms with Crippen molar-refractivity contribution in [2.24, 2.45) is 0 Å². The molecule has 0 saturated carbocycles. The van der Waals surface area contributed by atoms with Crippen molar-refractivity contribution in [1.82, 2.24) is 0 Å². The average Bonchev–Trinajstić information content (AvgIpc) is 3.62. The van der Waals surface area contributed by atoms with E-state index in [0.717, 1.165) is 60.7 Å². The monoisotopic (exact) mass is 772 g/mol. The van der Waals surface area contributed by atoms with Gasteiger partial charge in [-0.1, -0.05) is 121 Å². The van der Waals surface area contributed by atoms with Gasteiger partial charge in [-0.2, -0.15) is 0 Å². The number of aryl methyl sites for hydroxylation is 1. The van der Waals surface area contributed by atoms with E-state index in [1.807, 2.05) is 147 Å². The Bertz CT molecular complexity index is 3170. The Morgan fingerprint density at radius 3 is 1.56 bits per heavy atom. The molecule has 0 aliphatic rings. The first-order chi connectivity index (χ1) is 28.6. The molecular weight excluding hydrogens is 737 g/mol. The summed E-state index contributed by atoms with van der Waals surface area (Å²) in [6.07, 6.45) is 9.76. The van der Waals surface area contributed by atoms with Gasteiger partial charge in [-0.3, -0.25) is 0 Å². The third kappa shape index (κ3) is 5.61. The number of terminal acetylenes is 1. The zero-order valence-electron chi connectivity index (χ0n) is 31.9. The molecule has 0 radical (unpaired) electrons. The van der Waals surface area contributed by atoms with Crippen molar-refractivity contribution in [3.8, 4) is 102 Å². The molecule has 0 fully saturated rings. The summed E-state index contributed by atoms with van der Waals surface area (Å²) in [7, 11) is 0. The summed E-state index contributed by atoms with van der Waals surface area (Å²) in [5.41, 5.74) is 9.00. The molecule has 0 spiro atoms. The lowest BCUT2D eigenvalue weighted by Gasteiger charge is -2.21. The Kier molecular flexibility index (Phi) is 8.76. The summed E-state index contributed by atoms with van der Waals surface area (Å²) in [6, 6.07) is 40.6. The highest BCUT2D eigenvalue weighted by atomic mass is 16.4. The lowest BCUT2D eigenvalue weighted by Crippen LogP contribution is -1.94. The number of hydrogen-bond acceptors (Lipinski definition) is 7. The summed E-state index contributed by atoms with van der Waals surface area (Å²) in [5, 5.41) is 68.9. The molecule has 1 aromatic heterocycles. The molecule has 0 bridgehead atoms. The Morgan fingerprint density at radius 1 is 0.475 bits per heavy atom. The largest absolute Gasteiger partial charge is 0.507 e. The highest BCUT2D eigenvalue weighted by molar-refractivity contribution is 6.23. The number of phenolic OH excluding ortho intramolecular Hbond substituents is 6. The maximum Gasteiger partial charge on any atom is 0.208 e. The molecule has 0 unspecified atom stereocenters. The van der Waals surface area contributed by atoms with E-state index in [1.54, 1.807) is 6.07 Å². The molecule has 6 N–H and O–H groups in total. The minimum atomic E-state index is -1.02. The van der Waals surface area contributed by atoms with Crippen LogP contribution in [0.4, 0.5) is 0 Å². The second-order valence-corrected chi connectivity index (χ2v) is 14.4. The first-order valence-corrected chi connectivity index (χ1v) is 18.9. The van der Waals surface area contributed by atoms with E-state index in [9.17, 15) is 30.6 Å². The molecule has 0 saturated heterocycles. The molecular formula is C52H36O7. The van der Waals surface area contributed by atoms with Gasteiger partial charge in [0.25, 0.3) is 0 Å². The normalized spacial score (nSPS) is 11.5. The van der Waals surface area contributed by atoms with E-state index in [2.05, 4.69) is 5.92 Å². The second-order valence-electron chi connectivity index (χ2n) is 14.4. The molecule has 286 valence electrons. The molecule has 9 rings (SSSR count). The van der Waals surface area contributed by atoms with Crippen LogP contribution in [0.1, 0.15) is 23.8 Å². The van der Waals surface area contributed by atoms with Crippen LogP contribution in [0, 0.1) is 19.3 Å². The van der Waals surface area contributed by atoms with E-state index >= 15 is 0 Å². The van der Waals surface area contributed by atoms with Crippen molar-refractivity contribution in [3.63, 3.8) is 0 Å². The molecule has 7 nitrogen and oxygen atoms in total. The number of rotatable bonds is 6. The van der Waals surface area contributed by atoms with Gasteiger partial charge >= 0.3 is 0 Å². The third-order valence-electron chi connectivity index (χ3n) is 11.1. The summed E-state index contributed by atoms with van der Waals surface area (Å²) in [6.45, 7) is 3.93. The second kappa shape index (κ2) is 14.1. The summed E-state index contributed by atoms with van der Waals surface area (Å²) >= 11 is 0. The number of aromatic hydroxyl groups is 6. The number of benzene rings is 8. The molecule has 0 amide bonds. The van der Waals surface area contributed by atoms with E-state index < -0.39 is 28.7 Å². The zero-order chi connectivity index (χ0) is 41.1. The van der Waals surface area contributed by atoms with Crippen LogP contribution in [0.15, 0.2) is 138 Å². The minimum absolute atomic E-state index is 0.123. The van der Waals surface area contributed by atoms with E-state index in [-0.39, 0.29) is 11.3 Å². The molecule has 0 aliphatic heterocycles. The molecule has 0 aliphatic carbocycles. The summed E-state index contributed by atoms with van der Waals surface area (Å²) in [5.74, 6) is -0.923. The highest BCUT2D eigenvalue weighted by Gasteiger charge is 2.28. The predicted octanol–water partition coefficient (Wildman–Crippen LogP) is 12.6. The van der Waals surface area contributed by atoms with Gasteiger partial charge in [0.2, 0.25) is 17.2 Å². The van der Waals surface area contributed by atoms with Crippen LogP contribution in [-0.2, 0) is 0 Å². The van der Waals surface area contributed by atoms with Gasteiger partial charge in [0.15, 0.2) is 11.5 Å². The fraction of sp³-hybridized carbons (Fsp3) is 0.0385. The molecule has 8 aromatic carbocycles. The van der Waals surface area contributed by atoms with Crippen LogP contribution < -0.4 is 0 Å². The third-order valence-corrected chi connectivity index (χ3v) is 11.1. The van der Waals surface area contributed by atoms with Crippen molar-refractivity contribution >= 4 is 38.6 Å². The van der Waals surface area contributed by atoms with Crippen LogP contribution in [-0.4, -0.2) is 30.6 Å². The maximum atomic E-state index is 11.7. The van der Waals surface area contributed by atoms with Crippen LogP contribution in [0.3, 0.4) is 0 Å². The van der Waals surface area contributed by atoms with E-state index in [4.69, 9.17) is 10.8 Å². The first-order valence-electron chi connectivity index (χ1n) is 18.9. The Labute approximate surface area is 339 Å². The molecule has 9 aromatic rings. The van der Waals surface area contributed by atoms with E-state index in [0.29, 0.717) is 38.8 Å². The number of furan rings is 1. The fourth-order valence-electron chi connectivity index (χ4n) is 8.44. The Hall–Kier alpha value is -8.08. The molecule has 1 heterocycles. The molecule has 0 atom stereocenters. The Morgan fingerprint density at radius 2 is 0.983 bits per heavy atom. The minimum Gasteiger partial charge on any atom is -0.507 e. The summed E-state index contributed by atoms with van der Waals surface area (Å²) in [4.78, 5) is 0. The molecule has 7 heteroatoms. The summed E-state index contributed by atoms with van der Waals surface area (Å²) < 4.78 is 6.48.